The second-order valence-corrected chi connectivity index (χ2v) is 9.50. The van der Waals surface area contributed by atoms with Crippen LogP contribution in [0, 0.1) is 23.2 Å². The van der Waals surface area contributed by atoms with Gasteiger partial charge >= 0.3 is 0 Å². The summed E-state index contributed by atoms with van der Waals surface area (Å²) in [4.78, 5) is 24.8. The third-order valence-electron chi connectivity index (χ3n) is 4.59. The smallest absolute Gasteiger partial charge is 0.189 e. The minimum Gasteiger partial charge on any atom is -0.297 e. The summed E-state index contributed by atoms with van der Waals surface area (Å²) in [6.45, 7) is 0. The van der Waals surface area contributed by atoms with Crippen molar-refractivity contribution >= 4 is 38.6 Å². The van der Waals surface area contributed by atoms with Crippen LogP contribution in [0.25, 0.3) is 0 Å². The summed E-state index contributed by atoms with van der Waals surface area (Å²) < 4.78 is 17.1. The van der Waals surface area contributed by atoms with Gasteiger partial charge in [-0.1, -0.05) is 24.1 Å². The molecule has 132 valence electrons. The number of carbonyl (C=O) groups is 2. The maximum atomic E-state index is 12.8. The number of nitrogens with zero attached hydrogens (tertiary/aromatic N) is 2. The largest absolute Gasteiger partial charge is 0.297 e. The Morgan fingerprint density at radius 2 is 1.92 bits per heavy atom. The number of hydrogen-bond acceptors (Lipinski definition) is 5. The van der Waals surface area contributed by atoms with Crippen LogP contribution in [0.15, 0.2) is 22.6 Å². The van der Waals surface area contributed by atoms with E-state index in [1.807, 2.05) is 6.07 Å². The Hall–Kier alpha value is -1.71. The maximum absolute atomic E-state index is 12.8. The highest BCUT2D eigenvalue weighted by Crippen LogP contribution is 2.36. The molecule has 1 atom stereocenters. The van der Waals surface area contributed by atoms with Crippen molar-refractivity contribution in [1.29, 1.82) is 5.26 Å². The summed E-state index contributed by atoms with van der Waals surface area (Å²) in [6, 6.07) is 6.51. The molecule has 0 amide bonds. The van der Waals surface area contributed by atoms with Crippen LogP contribution in [0.1, 0.15) is 42.5 Å². The highest BCUT2D eigenvalue weighted by molar-refractivity contribution is 7.93. The molecule has 0 bridgehead atoms. The van der Waals surface area contributed by atoms with E-state index in [0.717, 1.165) is 32.1 Å². The third kappa shape index (κ3) is 3.94. The van der Waals surface area contributed by atoms with Crippen molar-refractivity contribution < 1.29 is 13.8 Å². The summed E-state index contributed by atoms with van der Waals surface area (Å²) in [5.41, 5.74) is 0.400. The van der Waals surface area contributed by atoms with Gasteiger partial charge in [-0.3, -0.25) is 9.59 Å². The van der Waals surface area contributed by atoms with Gasteiger partial charge < -0.3 is 0 Å². The average Bonchev–Trinajstić information content (AvgIpc) is 3.42. The van der Waals surface area contributed by atoms with Crippen LogP contribution in [-0.4, -0.2) is 27.3 Å². The van der Waals surface area contributed by atoms with Crippen LogP contribution >= 0.6 is 11.6 Å². The monoisotopic (exact) mass is 378 g/mol. The highest BCUT2D eigenvalue weighted by Gasteiger charge is 2.39. The van der Waals surface area contributed by atoms with Crippen molar-refractivity contribution in [2.24, 2.45) is 16.2 Å². The molecule has 1 aliphatic carbocycles. The van der Waals surface area contributed by atoms with E-state index in [9.17, 15) is 19.1 Å². The topological polar surface area (TPSA) is 87.4 Å². The van der Waals surface area contributed by atoms with Crippen LogP contribution in [0.3, 0.4) is 0 Å². The molecule has 0 radical (unpaired) electrons. The number of nitriles is 1. The van der Waals surface area contributed by atoms with E-state index in [4.69, 9.17) is 11.6 Å². The summed E-state index contributed by atoms with van der Waals surface area (Å²) in [7, 11) is -2.36. The molecule has 1 heterocycles. The van der Waals surface area contributed by atoms with Gasteiger partial charge in [-0.15, -0.1) is 0 Å². The minimum absolute atomic E-state index is 0.0737. The van der Waals surface area contributed by atoms with E-state index in [1.165, 1.54) is 6.07 Å². The van der Waals surface area contributed by atoms with Gasteiger partial charge in [0.05, 0.1) is 26.5 Å². The van der Waals surface area contributed by atoms with Gasteiger partial charge in [0.15, 0.2) is 17.5 Å². The van der Waals surface area contributed by atoms with Gasteiger partial charge in [0.25, 0.3) is 0 Å². The van der Waals surface area contributed by atoms with Gasteiger partial charge in [0.1, 0.15) is 0 Å². The van der Waals surface area contributed by atoms with Crippen LogP contribution in [-0.2, 0) is 14.5 Å². The first-order chi connectivity index (χ1) is 11.9. The number of rotatable bonds is 5. The zero-order chi connectivity index (χ0) is 18.0. The molecule has 25 heavy (non-hydrogen) atoms. The number of carbonyl (C=O) groups excluding carboxylic acids is 2. The summed E-state index contributed by atoms with van der Waals surface area (Å²) in [5, 5.41) is 9.34. The molecule has 1 unspecified atom stereocenters. The Morgan fingerprint density at radius 1 is 1.24 bits per heavy atom. The lowest BCUT2D eigenvalue weighted by Gasteiger charge is -2.16. The van der Waals surface area contributed by atoms with E-state index in [-0.39, 0.29) is 22.3 Å². The molecule has 1 aromatic rings. The van der Waals surface area contributed by atoms with Crippen molar-refractivity contribution in [3.05, 3.63) is 28.8 Å². The fraction of sp³-hybridized carbons (Fsp3) is 0.500. The third-order valence-corrected chi connectivity index (χ3v) is 7.37. The predicted octanol–water partition coefficient (Wildman–Crippen LogP) is 3.92. The standard InChI is InChI=1S/C18H19ClN2O3S/c19-16-13(18(23)14(11-20)17(22)12-7-8-12)5-4-6-15(16)21-25(24)9-2-1-3-10-25/h4-6,12,14H,1-3,7-10H2. The van der Waals surface area contributed by atoms with Crippen molar-refractivity contribution in [2.75, 3.05) is 11.5 Å². The molecular weight excluding hydrogens is 360 g/mol. The van der Waals surface area contributed by atoms with Crippen molar-refractivity contribution in [2.45, 2.75) is 32.1 Å². The molecule has 5 nitrogen and oxygen atoms in total. The zero-order valence-corrected chi connectivity index (χ0v) is 15.3. The molecule has 0 N–H and O–H groups in total. The molecule has 2 fully saturated rings. The summed E-state index contributed by atoms with van der Waals surface area (Å²) in [6.07, 6.45) is 4.24. The van der Waals surface area contributed by atoms with Gasteiger partial charge in [0, 0.05) is 23.0 Å². The van der Waals surface area contributed by atoms with Crippen LogP contribution in [0.2, 0.25) is 5.02 Å². The summed E-state index contributed by atoms with van der Waals surface area (Å²) in [5.74, 6) is -1.38. The lowest BCUT2D eigenvalue weighted by molar-refractivity contribution is -0.121. The molecule has 7 heteroatoms. The molecule has 1 saturated heterocycles. The molecule has 1 aromatic carbocycles. The Balaban J connectivity index is 1.94. The van der Waals surface area contributed by atoms with Crippen LogP contribution < -0.4 is 0 Å². The predicted molar refractivity (Wildman–Crippen MR) is 96.4 cm³/mol. The number of Topliss-reactive ketones (excluding diaryl/α,β-unsaturated/α-hetero) is 2. The first-order valence-corrected chi connectivity index (χ1v) is 10.7. The van der Waals surface area contributed by atoms with E-state index in [2.05, 4.69) is 4.36 Å². The minimum atomic E-state index is -2.36. The second-order valence-electron chi connectivity index (χ2n) is 6.57. The van der Waals surface area contributed by atoms with Crippen molar-refractivity contribution in [3.63, 3.8) is 0 Å². The van der Waals surface area contributed by atoms with Gasteiger partial charge in [-0.2, -0.15) is 9.62 Å². The maximum Gasteiger partial charge on any atom is 0.189 e. The van der Waals surface area contributed by atoms with Crippen LogP contribution in [0.5, 0.6) is 0 Å². The molecule has 1 saturated carbocycles. The van der Waals surface area contributed by atoms with Crippen molar-refractivity contribution in [3.8, 4) is 6.07 Å². The highest BCUT2D eigenvalue weighted by atomic mass is 35.5. The van der Waals surface area contributed by atoms with E-state index >= 15 is 0 Å². The van der Waals surface area contributed by atoms with Crippen LogP contribution in [0.4, 0.5) is 5.69 Å². The lowest BCUT2D eigenvalue weighted by Crippen LogP contribution is -2.24. The summed E-state index contributed by atoms with van der Waals surface area (Å²) >= 11 is 6.32. The molecule has 1 aliphatic heterocycles. The lowest BCUT2D eigenvalue weighted by atomic mass is 9.92. The fourth-order valence-electron chi connectivity index (χ4n) is 3.00. The van der Waals surface area contributed by atoms with Gasteiger partial charge in [-0.05, 0) is 37.8 Å². The van der Waals surface area contributed by atoms with E-state index in [0.29, 0.717) is 17.2 Å². The Bertz CT molecular complexity index is 865. The number of benzene rings is 1. The first kappa shape index (κ1) is 18.1. The fourth-order valence-corrected chi connectivity index (χ4v) is 5.51. The number of ketones is 2. The molecule has 0 spiro atoms. The molecule has 3 rings (SSSR count). The second kappa shape index (κ2) is 7.27. The molecule has 2 aliphatic rings. The Kier molecular flexibility index (Phi) is 5.26. The van der Waals surface area contributed by atoms with Gasteiger partial charge in [-0.25, -0.2) is 4.21 Å². The SMILES string of the molecule is N#CC(C(=O)c1cccc(N=S2(=O)CCCCC2)c1Cl)C(=O)C1CC1. The Labute approximate surface area is 152 Å². The quantitative estimate of drug-likeness (QED) is 0.573. The van der Waals surface area contributed by atoms with Gasteiger partial charge in [0.2, 0.25) is 0 Å². The zero-order valence-electron chi connectivity index (χ0n) is 13.7. The normalized spacial score (nSPS) is 20.3. The number of hydrogen-bond donors (Lipinski definition) is 0. The first-order valence-electron chi connectivity index (χ1n) is 8.44. The Morgan fingerprint density at radius 3 is 2.52 bits per heavy atom. The van der Waals surface area contributed by atoms with E-state index < -0.39 is 21.4 Å². The molecular formula is C18H19ClN2O3S. The number of halogens is 1. The van der Waals surface area contributed by atoms with E-state index in [1.54, 1.807) is 12.1 Å². The average molecular weight is 379 g/mol. The van der Waals surface area contributed by atoms with Crippen molar-refractivity contribution in [1.82, 2.24) is 0 Å². The molecule has 0 aromatic heterocycles.